The molecule has 2 aliphatic heterocycles. The molecule has 3 aliphatic rings. The van der Waals surface area contributed by atoms with Gasteiger partial charge < -0.3 is 9.64 Å². The number of nitrogens with zero attached hydrogens (tertiary/aromatic N) is 1. The second kappa shape index (κ2) is 9.75. The van der Waals surface area contributed by atoms with E-state index in [1.807, 2.05) is 6.07 Å². The van der Waals surface area contributed by atoms with Crippen LogP contribution in [-0.4, -0.2) is 29.5 Å². The van der Waals surface area contributed by atoms with E-state index in [1.165, 1.54) is 43.2 Å². The number of piperidine rings is 1. The Morgan fingerprint density at radius 3 is 2.48 bits per heavy atom. The molecule has 0 atom stereocenters. The van der Waals surface area contributed by atoms with Crippen LogP contribution < -0.4 is 4.74 Å². The van der Waals surface area contributed by atoms with Gasteiger partial charge in [-0.3, -0.25) is 4.79 Å². The number of hydrogen-bond donors (Lipinski definition) is 0. The van der Waals surface area contributed by atoms with Crippen LogP contribution in [0.3, 0.4) is 0 Å². The van der Waals surface area contributed by atoms with Crippen LogP contribution in [0.25, 0.3) is 17.2 Å². The van der Waals surface area contributed by atoms with Crippen LogP contribution in [-0.2, 0) is 4.79 Å². The van der Waals surface area contributed by atoms with Crippen molar-refractivity contribution in [3.8, 4) is 16.9 Å². The number of likely N-dealkylation sites (tertiary alicyclic amines) is 1. The van der Waals surface area contributed by atoms with Gasteiger partial charge in [-0.2, -0.15) is 0 Å². The smallest absolute Gasteiger partial charge is 0.225 e. The van der Waals surface area contributed by atoms with E-state index in [4.69, 9.17) is 4.74 Å². The number of unbranched alkanes of at least 4 members (excludes halogenated alkanes) is 1. The van der Waals surface area contributed by atoms with Gasteiger partial charge in [0.25, 0.3) is 0 Å². The van der Waals surface area contributed by atoms with Crippen molar-refractivity contribution in [2.45, 2.75) is 70.3 Å². The molecule has 1 saturated heterocycles. The molecule has 1 spiro atoms. The summed E-state index contributed by atoms with van der Waals surface area (Å²) in [7, 11) is 0. The van der Waals surface area contributed by atoms with Gasteiger partial charge in [0, 0.05) is 37.4 Å². The fourth-order valence-electron chi connectivity index (χ4n) is 5.90. The highest BCUT2D eigenvalue weighted by Gasteiger charge is 2.39. The fourth-order valence-corrected chi connectivity index (χ4v) is 5.90. The number of fused-ring (bicyclic) bond motifs is 1. The third-order valence-electron chi connectivity index (χ3n) is 8.08. The minimum atomic E-state index is -0.268. The van der Waals surface area contributed by atoms with Crippen LogP contribution >= 0.6 is 0 Å². The lowest BCUT2D eigenvalue weighted by Gasteiger charge is -2.43. The third-order valence-corrected chi connectivity index (χ3v) is 8.08. The summed E-state index contributed by atoms with van der Waals surface area (Å²) in [4.78, 5) is 15.3. The van der Waals surface area contributed by atoms with Crippen molar-refractivity contribution in [3.63, 3.8) is 0 Å². The molecule has 3 heteroatoms. The van der Waals surface area contributed by atoms with Gasteiger partial charge in [0.15, 0.2) is 0 Å². The first kappa shape index (κ1) is 22.3. The van der Waals surface area contributed by atoms with Gasteiger partial charge in [-0.15, -0.1) is 0 Å². The van der Waals surface area contributed by atoms with Gasteiger partial charge in [-0.05, 0) is 60.9 Å². The number of rotatable bonds is 5. The zero-order chi connectivity index (χ0) is 22.7. The topological polar surface area (TPSA) is 29.5 Å². The summed E-state index contributed by atoms with van der Waals surface area (Å²) in [6, 6.07) is 16.9. The van der Waals surface area contributed by atoms with Crippen molar-refractivity contribution in [3.05, 3.63) is 60.2 Å². The summed E-state index contributed by atoms with van der Waals surface area (Å²) in [5.74, 6) is 2.45. The van der Waals surface area contributed by atoms with E-state index in [0.717, 1.165) is 56.0 Å². The van der Waals surface area contributed by atoms with Crippen LogP contribution in [0.1, 0.15) is 70.3 Å². The quantitative estimate of drug-likeness (QED) is 0.492. The van der Waals surface area contributed by atoms with Crippen molar-refractivity contribution >= 4 is 12.0 Å². The molecule has 2 aromatic carbocycles. The Labute approximate surface area is 198 Å². The number of hydrogen-bond acceptors (Lipinski definition) is 2. The standard InChI is InChI=1S/C30H37NO2/c1-2-3-7-23-10-12-25(13-11-23)29(32)31-20-18-30(19-21-31)17-16-27-22-26(14-15-28(27)33-30)24-8-5-4-6-9-24/h4-6,8-9,14-17,22-23,25H,2-3,7,10-13,18-21H2,1H3. The van der Waals surface area contributed by atoms with Crippen molar-refractivity contribution in [2.75, 3.05) is 13.1 Å². The lowest BCUT2D eigenvalue weighted by Crippen LogP contribution is -2.50. The Balaban J connectivity index is 1.17. The first-order chi connectivity index (χ1) is 16.2. The molecule has 1 saturated carbocycles. The van der Waals surface area contributed by atoms with Gasteiger partial charge in [0.05, 0.1) is 0 Å². The molecule has 0 unspecified atom stereocenters. The minimum Gasteiger partial charge on any atom is -0.482 e. The first-order valence-corrected chi connectivity index (χ1v) is 13.0. The summed E-state index contributed by atoms with van der Waals surface area (Å²) >= 11 is 0. The van der Waals surface area contributed by atoms with Gasteiger partial charge >= 0.3 is 0 Å². The first-order valence-electron chi connectivity index (χ1n) is 13.0. The highest BCUT2D eigenvalue weighted by atomic mass is 16.5. The van der Waals surface area contributed by atoms with Crippen LogP contribution in [0, 0.1) is 11.8 Å². The number of ether oxygens (including phenoxy) is 1. The second-order valence-electron chi connectivity index (χ2n) is 10.3. The molecule has 2 aromatic rings. The van der Waals surface area contributed by atoms with Crippen molar-refractivity contribution < 1.29 is 9.53 Å². The van der Waals surface area contributed by atoms with Gasteiger partial charge in [0.1, 0.15) is 11.4 Å². The molecule has 1 aliphatic carbocycles. The molecule has 1 amide bonds. The summed E-state index contributed by atoms with van der Waals surface area (Å²) in [6.07, 6.45) is 14.8. The van der Waals surface area contributed by atoms with Crippen LogP contribution in [0.15, 0.2) is 54.6 Å². The summed E-state index contributed by atoms with van der Waals surface area (Å²) in [5.41, 5.74) is 3.31. The highest BCUT2D eigenvalue weighted by molar-refractivity contribution is 5.79. The predicted octanol–water partition coefficient (Wildman–Crippen LogP) is 7.12. The van der Waals surface area contributed by atoms with Gasteiger partial charge in [-0.1, -0.05) is 68.7 Å². The molecule has 33 heavy (non-hydrogen) atoms. The second-order valence-corrected chi connectivity index (χ2v) is 10.3. The number of benzene rings is 2. The third kappa shape index (κ3) is 4.88. The molecule has 0 radical (unpaired) electrons. The molecule has 5 rings (SSSR count). The summed E-state index contributed by atoms with van der Waals surface area (Å²) in [5, 5.41) is 0. The Hall–Kier alpha value is -2.55. The van der Waals surface area contributed by atoms with Crippen molar-refractivity contribution in [1.82, 2.24) is 4.90 Å². The average molecular weight is 444 g/mol. The van der Waals surface area contributed by atoms with E-state index >= 15 is 0 Å². The maximum Gasteiger partial charge on any atom is 0.225 e. The fraction of sp³-hybridized carbons (Fsp3) is 0.500. The lowest BCUT2D eigenvalue weighted by atomic mass is 9.79. The van der Waals surface area contributed by atoms with E-state index in [9.17, 15) is 4.79 Å². The zero-order valence-corrected chi connectivity index (χ0v) is 20.0. The Kier molecular flexibility index (Phi) is 6.57. The van der Waals surface area contributed by atoms with E-state index in [0.29, 0.717) is 5.91 Å². The molecule has 3 nitrogen and oxygen atoms in total. The van der Waals surface area contributed by atoms with Gasteiger partial charge in [0.2, 0.25) is 5.91 Å². The summed E-state index contributed by atoms with van der Waals surface area (Å²) in [6.45, 7) is 3.87. The van der Waals surface area contributed by atoms with E-state index < -0.39 is 0 Å². The molecular weight excluding hydrogens is 406 g/mol. The van der Waals surface area contributed by atoms with Gasteiger partial charge in [-0.25, -0.2) is 0 Å². The SMILES string of the molecule is CCCCC1CCC(C(=O)N2CCC3(C=Cc4cc(-c5ccccc5)ccc4O3)CC2)CC1. The van der Waals surface area contributed by atoms with Crippen LogP contribution in [0.2, 0.25) is 0 Å². The lowest BCUT2D eigenvalue weighted by molar-refractivity contribution is -0.139. The highest BCUT2D eigenvalue weighted by Crippen LogP contribution is 2.40. The largest absolute Gasteiger partial charge is 0.482 e. The summed E-state index contributed by atoms with van der Waals surface area (Å²) < 4.78 is 6.55. The number of amides is 1. The van der Waals surface area contributed by atoms with Crippen LogP contribution in [0.4, 0.5) is 0 Å². The molecule has 2 fully saturated rings. The molecule has 0 bridgehead atoms. The van der Waals surface area contributed by atoms with Crippen LogP contribution in [0.5, 0.6) is 5.75 Å². The monoisotopic (exact) mass is 443 g/mol. The Morgan fingerprint density at radius 1 is 1.00 bits per heavy atom. The van der Waals surface area contributed by atoms with E-state index in [1.54, 1.807) is 0 Å². The van der Waals surface area contributed by atoms with Crippen molar-refractivity contribution in [1.29, 1.82) is 0 Å². The molecular formula is C30H37NO2. The van der Waals surface area contributed by atoms with E-state index in [2.05, 4.69) is 66.4 Å². The molecule has 0 aromatic heterocycles. The Morgan fingerprint density at radius 2 is 1.76 bits per heavy atom. The average Bonchev–Trinajstić information content (AvgIpc) is 2.88. The number of carbonyl (C=O) groups excluding carboxylic acids is 1. The minimum absolute atomic E-state index is 0.247. The molecule has 174 valence electrons. The zero-order valence-electron chi connectivity index (χ0n) is 20.0. The van der Waals surface area contributed by atoms with Crippen molar-refractivity contribution in [2.24, 2.45) is 11.8 Å². The van der Waals surface area contributed by atoms with E-state index in [-0.39, 0.29) is 11.5 Å². The molecule has 2 heterocycles. The number of carbonyl (C=O) groups is 1. The predicted molar refractivity (Wildman–Crippen MR) is 135 cm³/mol. The molecule has 0 N–H and O–H groups in total. The maximum atomic E-state index is 13.2. The normalized spacial score (nSPS) is 23.7. The maximum absolute atomic E-state index is 13.2. The Bertz CT molecular complexity index is 980.